The maximum absolute atomic E-state index is 13.8. The third kappa shape index (κ3) is 4.92. The van der Waals surface area contributed by atoms with Crippen LogP contribution >= 0.6 is 0 Å². The standard InChI is InChI=1S/C17H17FO2S/c1-14-7-9-16(10-8-14)21(19)17(18)11-12-20-13-15-5-3-2-4-6-15/h2-11H,12-13H2,1H3/b17-11-. The molecule has 0 aliphatic carbocycles. The first-order valence-electron chi connectivity index (χ1n) is 6.62. The molecule has 0 fully saturated rings. The van der Waals surface area contributed by atoms with Crippen molar-refractivity contribution < 1.29 is 13.3 Å². The highest BCUT2D eigenvalue weighted by atomic mass is 32.2. The average molecular weight is 304 g/mol. The van der Waals surface area contributed by atoms with Crippen molar-refractivity contribution in [3.8, 4) is 0 Å². The Kier molecular flexibility index (Phi) is 5.84. The van der Waals surface area contributed by atoms with Gasteiger partial charge in [0, 0.05) is 4.90 Å². The van der Waals surface area contributed by atoms with Gasteiger partial charge < -0.3 is 4.74 Å². The monoisotopic (exact) mass is 304 g/mol. The molecule has 1 unspecified atom stereocenters. The minimum atomic E-state index is -1.77. The van der Waals surface area contributed by atoms with Gasteiger partial charge in [0.15, 0.2) is 5.16 Å². The van der Waals surface area contributed by atoms with Gasteiger partial charge in [0.05, 0.1) is 13.2 Å². The van der Waals surface area contributed by atoms with E-state index >= 15 is 0 Å². The first kappa shape index (κ1) is 15.6. The zero-order valence-electron chi connectivity index (χ0n) is 11.8. The van der Waals surface area contributed by atoms with E-state index in [1.807, 2.05) is 49.4 Å². The Hall–Kier alpha value is -1.78. The fourth-order valence-electron chi connectivity index (χ4n) is 1.73. The molecule has 110 valence electrons. The fourth-order valence-corrected chi connectivity index (χ4v) is 2.55. The summed E-state index contributed by atoms with van der Waals surface area (Å²) in [5.41, 5.74) is 2.07. The topological polar surface area (TPSA) is 26.3 Å². The molecular formula is C17H17FO2S. The highest BCUT2D eigenvalue weighted by Gasteiger charge is 2.09. The Morgan fingerprint density at radius 3 is 2.48 bits per heavy atom. The number of ether oxygens (including phenoxy) is 1. The van der Waals surface area contributed by atoms with Crippen LogP contribution in [0.5, 0.6) is 0 Å². The summed E-state index contributed by atoms with van der Waals surface area (Å²) in [4.78, 5) is 0.456. The molecule has 1 atom stereocenters. The molecule has 0 radical (unpaired) electrons. The highest BCUT2D eigenvalue weighted by molar-refractivity contribution is 7.88. The molecule has 2 aromatic carbocycles. The summed E-state index contributed by atoms with van der Waals surface area (Å²) in [5.74, 6) is 0. The Morgan fingerprint density at radius 1 is 1.14 bits per heavy atom. The van der Waals surface area contributed by atoms with Gasteiger partial charge in [0.1, 0.15) is 10.8 Å². The van der Waals surface area contributed by atoms with Gasteiger partial charge in [0.25, 0.3) is 0 Å². The summed E-state index contributed by atoms with van der Waals surface area (Å²) in [7, 11) is -1.77. The molecule has 0 aliphatic heterocycles. The SMILES string of the molecule is Cc1ccc(S(=O)/C(F)=C\COCc2ccccc2)cc1. The lowest BCUT2D eigenvalue weighted by Crippen LogP contribution is -1.96. The summed E-state index contributed by atoms with van der Waals surface area (Å²) < 4.78 is 31.1. The van der Waals surface area contributed by atoms with E-state index in [1.165, 1.54) is 6.08 Å². The quantitative estimate of drug-likeness (QED) is 0.750. The number of hydrogen-bond donors (Lipinski definition) is 0. The minimum Gasteiger partial charge on any atom is -0.373 e. The van der Waals surface area contributed by atoms with Crippen LogP contribution < -0.4 is 0 Å². The Morgan fingerprint density at radius 2 is 1.81 bits per heavy atom. The van der Waals surface area contributed by atoms with Crippen molar-refractivity contribution in [2.45, 2.75) is 18.4 Å². The summed E-state index contributed by atoms with van der Waals surface area (Å²) in [6, 6.07) is 16.6. The Bertz CT molecular complexity index is 621. The predicted octanol–water partition coefficient (Wildman–Crippen LogP) is 4.13. The van der Waals surface area contributed by atoms with Crippen LogP contribution in [0, 0.1) is 6.92 Å². The first-order chi connectivity index (χ1) is 10.2. The van der Waals surface area contributed by atoms with Crippen molar-refractivity contribution in [1.82, 2.24) is 0 Å². The minimum absolute atomic E-state index is 0.0956. The lowest BCUT2D eigenvalue weighted by molar-refractivity contribution is 0.148. The molecular weight excluding hydrogens is 287 g/mol. The van der Waals surface area contributed by atoms with Crippen LogP contribution in [0.3, 0.4) is 0 Å². The van der Waals surface area contributed by atoms with Crippen LogP contribution in [0.4, 0.5) is 4.39 Å². The van der Waals surface area contributed by atoms with Crippen LogP contribution in [-0.4, -0.2) is 10.8 Å². The molecule has 0 saturated carbocycles. The largest absolute Gasteiger partial charge is 0.373 e. The molecule has 0 heterocycles. The lowest BCUT2D eigenvalue weighted by atomic mass is 10.2. The summed E-state index contributed by atoms with van der Waals surface area (Å²) in [6.07, 6.45) is 1.22. The summed E-state index contributed by atoms with van der Waals surface area (Å²) in [6.45, 7) is 2.43. The number of benzene rings is 2. The molecule has 0 bridgehead atoms. The van der Waals surface area contributed by atoms with Crippen LogP contribution in [0.1, 0.15) is 11.1 Å². The molecule has 0 spiro atoms. The van der Waals surface area contributed by atoms with Crippen LogP contribution in [-0.2, 0) is 22.1 Å². The molecule has 2 nitrogen and oxygen atoms in total. The van der Waals surface area contributed by atoms with Gasteiger partial charge in [-0.15, -0.1) is 0 Å². The molecule has 21 heavy (non-hydrogen) atoms. The number of halogens is 1. The Balaban J connectivity index is 1.86. The second-order valence-corrected chi connectivity index (χ2v) is 5.99. The molecule has 0 aromatic heterocycles. The summed E-state index contributed by atoms with van der Waals surface area (Å²) >= 11 is 0. The zero-order chi connectivity index (χ0) is 15.1. The molecule has 0 saturated heterocycles. The van der Waals surface area contributed by atoms with E-state index in [0.29, 0.717) is 11.5 Å². The first-order valence-corrected chi connectivity index (χ1v) is 7.77. The van der Waals surface area contributed by atoms with Gasteiger partial charge in [-0.3, -0.25) is 0 Å². The maximum Gasteiger partial charge on any atom is 0.190 e. The lowest BCUT2D eigenvalue weighted by Gasteiger charge is -2.02. The maximum atomic E-state index is 13.8. The second kappa shape index (κ2) is 7.86. The van der Waals surface area contributed by atoms with Gasteiger partial charge in [0.2, 0.25) is 0 Å². The van der Waals surface area contributed by atoms with Crippen LogP contribution in [0.2, 0.25) is 0 Å². The highest BCUT2D eigenvalue weighted by Crippen LogP contribution is 2.16. The van der Waals surface area contributed by atoms with Gasteiger partial charge in [-0.1, -0.05) is 48.0 Å². The van der Waals surface area contributed by atoms with Crippen molar-refractivity contribution in [3.63, 3.8) is 0 Å². The van der Waals surface area contributed by atoms with Gasteiger partial charge in [-0.2, -0.15) is 4.39 Å². The van der Waals surface area contributed by atoms with E-state index in [1.54, 1.807) is 12.1 Å². The molecule has 2 aromatic rings. The van der Waals surface area contributed by atoms with E-state index in [9.17, 15) is 8.60 Å². The van der Waals surface area contributed by atoms with Crippen molar-refractivity contribution >= 4 is 10.8 Å². The molecule has 4 heteroatoms. The average Bonchev–Trinajstić information content (AvgIpc) is 2.52. The third-order valence-corrected chi connectivity index (χ3v) is 4.11. The van der Waals surface area contributed by atoms with Crippen LogP contribution in [0.25, 0.3) is 0 Å². The van der Waals surface area contributed by atoms with Crippen molar-refractivity contribution in [2.24, 2.45) is 0 Å². The van der Waals surface area contributed by atoms with E-state index in [2.05, 4.69) is 0 Å². The van der Waals surface area contributed by atoms with E-state index in [-0.39, 0.29) is 6.61 Å². The van der Waals surface area contributed by atoms with Gasteiger partial charge >= 0.3 is 0 Å². The van der Waals surface area contributed by atoms with Gasteiger partial charge in [-0.25, -0.2) is 4.21 Å². The molecule has 0 aliphatic rings. The molecule has 0 amide bonds. The van der Waals surface area contributed by atoms with Crippen molar-refractivity contribution in [2.75, 3.05) is 6.61 Å². The predicted molar refractivity (Wildman–Crippen MR) is 82.9 cm³/mol. The number of rotatable bonds is 6. The fraction of sp³-hybridized carbons (Fsp3) is 0.176. The summed E-state index contributed by atoms with van der Waals surface area (Å²) in [5, 5.41) is -0.674. The van der Waals surface area contributed by atoms with E-state index in [0.717, 1.165) is 11.1 Å². The normalized spacial score (nSPS) is 13.1. The van der Waals surface area contributed by atoms with Gasteiger partial charge in [-0.05, 0) is 30.7 Å². The molecule has 0 N–H and O–H groups in total. The Labute approximate surface area is 126 Å². The van der Waals surface area contributed by atoms with E-state index < -0.39 is 16.0 Å². The third-order valence-electron chi connectivity index (χ3n) is 2.89. The second-order valence-electron chi connectivity index (χ2n) is 4.59. The van der Waals surface area contributed by atoms with Crippen molar-refractivity contribution in [3.05, 3.63) is 77.0 Å². The molecule has 2 rings (SSSR count). The van der Waals surface area contributed by atoms with Crippen LogP contribution in [0.15, 0.2) is 70.7 Å². The number of aryl methyl sites for hydroxylation is 1. The number of hydrogen-bond acceptors (Lipinski definition) is 2. The van der Waals surface area contributed by atoms with Crippen molar-refractivity contribution in [1.29, 1.82) is 0 Å². The zero-order valence-corrected chi connectivity index (χ0v) is 12.6. The van der Waals surface area contributed by atoms with E-state index in [4.69, 9.17) is 4.74 Å². The smallest absolute Gasteiger partial charge is 0.190 e.